The van der Waals surface area contributed by atoms with Crippen LogP contribution in [0.15, 0.2) is 84.9 Å². The highest BCUT2D eigenvalue weighted by molar-refractivity contribution is 6.09. The molecule has 3 rings (SSSR count). The lowest BCUT2D eigenvalue weighted by Gasteiger charge is -2.27. The molecular formula is C45H56N6O9. The number of hydroxylamine groups is 1. The number of hydrogen-bond donors (Lipinski definition) is 8. The van der Waals surface area contributed by atoms with Crippen LogP contribution in [0.5, 0.6) is 0 Å². The van der Waals surface area contributed by atoms with Crippen molar-refractivity contribution >= 4 is 41.2 Å². The van der Waals surface area contributed by atoms with Crippen LogP contribution in [0, 0.1) is 24.2 Å². The van der Waals surface area contributed by atoms with E-state index in [0.29, 0.717) is 60.9 Å². The lowest BCUT2D eigenvalue weighted by atomic mass is 9.90. The van der Waals surface area contributed by atoms with Crippen molar-refractivity contribution in [3.63, 3.8) is 0 Å². The Morgan fingerprint density at radius 3 is 1.77 bits per heavy atom. The molecule has 320 valence electrons. The van der Waals surface area contributed by atoms with Crippen LogP contribution in [0.25, 0.3) is 0 Å². The SMILES string of the molecule is C#CCCCC(=O)NCCCCC(NC(=O)[C@H](Cc1ccc(C(=O)c2ccccc2)cc1)NC(=O)[C@H](Cc1ccccc1)NC(=O)[C@H](CC(C)C)[C@H](O)C(=O)NO)C(N)=O. The lowest BCUT2D eigenvalue weighted by molar-refractivity contribution is -0.147. The first-order valence-electron chi connectivity index (χ1n) is 20.0. The predicted octanol–water partition coefficient (Wildman–Crippen LogP) is 2.26. The van der Waals surface area contributed by atoms with E-state index in [2.05, 4.69) is 27.2 Å². The Morgan fingerprint density at radius 1 is 0.683 bits per heavy atom. The first kappa shape index (κ1) is 48.0. The van der Waals surface area contributed by atoms with Crippen LogP contribution in [0.4, 0.5) is 0 Å². The van der Waals surface area contributed by atoms with Crippen molar-refractivity contribution in [1.29, 1.82) is 0 Å². The van der Waals surface area contributed by atoms with Crippen molar-refractivity contribution in [2.75, 3.05) is 6.54 Å². The maximum atomic E-state index is 14.2. The summed E-state index contributed by atoms with van der Waals surface area (Å²) in [7, 11) is 0. The van der Waals surface area contributed by atoms with Gasteiger partial charge in [0.1, 0.15) is 24.2 Å². The third-order valence-corrected chi connectivity index (χ3v) is 9.69. The smallest absolute Gasteiger partial charge is 0.272 e. The van der Waals surface area contributed by atoms with Crippen LogP contribution in [0.3, 0.4) is 0 Å². The summed E-state index contributed by atoms with van der Waals surface area (Å²) in [5.74, 6) is -3.79. The number of aliphatic hydroxyl groups excluding tert-OH is 1. The molecule has 0 aliphatic heterocycles. The van der Waals surface area contributed by atoms with Gasteiger partial charge in [0.05, 0.1) is 5.92 Å². The van der Waals surface area contributed by atoms with E-state index in [1.807, 2.05) is 0 Å². The molecule has 0 aliphatic rings. The number of amides is 6. The van der Waals surface area contributed by atoms with Gasteiger partial charge in [0.25, 0.3) is 5.91 Å². The summed E-state index contributed by atoms with van der Waals surface area (Å²) in [6.07, 6.45) is 5.56. The molecule has 0 spiro atoms. The van der Waals surface area contributed by atoms with Crippen LogP contribution in [-0.2, 0) is 41.6 Å². The molecule has 0 saturated carbocycles. The van der Waals surface area contributed by atoms with Crippen molar-refractivity contribution in [2.45, 2.75) is 95.9 Å². The summed E-state index contributed by atoms with van der Waals surface area (Å²) in [4.78, 5) is 91.8. The quantitative estimate of drug-likeness (QED) is 0.0205. The Hall–Kier alpha value is -6.37. The summed E-state index contributed by atoms with van der Waals surface area (Å²) in [6, 6.07) is 20.1. The summed E-state index contributed by atoms with van der Waals surface area (Å²) in [5, 5.41) is 30.6. The number of primary amides is 1. The minimum absolute atomic E-state index is 0.0290. The molecule has 15 heteroatoms. The maximum absolute atomic E-state index is 14.2. The van der Waals surface area contributed by atoms with Gasteiger partial charge in [-0.2, -0.15) is 0 Å². The molecule has 3 aromatic carbocycles. The van der Waals surface area contributed by atoms with Crippen LogP contribution in [0.2, 0.25) is 0 Å². The van der Waals surface area contributed by atoms with E-state index < -0.39 is 59.7 Å². The van der Waals surface area contributed by atoms with Crippen LogP contribution < -0.4 is 32.5 Å². The molecule has 5 atom stereocenters. The molecule has 1 unspecified atom stereocenters. The Balaban J connectivity index is 1.88. The molecule has 9 N–H and O–H groups in total. The fraction of sp³-hybridized carbons (Fsp3) is 0.400. The van der Waals surface area contributed by atoms with Crippen LogP contribution in [0.1, 0.15) is 85.8 Å². The fourth-order valence-corrected chi connectivity index (χ4v) is 6.44. The summed E-state index contributed by atoms with van der Waals surface area (Å²) >= 11 is 0. The second kappa shape index (κ2) is 25.2. The van der Waals surface area contributed by atoms with E-state index in [1.165, 1.54) is 5.48 Å². The minimum atomic E-state index is -1.94. The molecular weight excluding hydrogens is 769 g/mol. The number of rotatable bonds is 25. The van der Waals surface area contributed by atoms with E-state index >= 15 is 0 Å². The number of nitrogens with one attached hydrogen (secondary N) is 5. The highest BCUT2D eigenvalue weighted by Crippen LogP contribution is 2.18. The number of terminal acetylenes is 1. The molecule has 6 amide bonds. The summed E-state index contributed by atoms with van der Waals surface area (Å²) in [5.41, 5.74) is 9.13. The van der Waals surface area contributed by atoms with E-state index in [9.17, 15) is 38.7 Å². The minimum Gasteiger partial charge on any atom is -0.382 e. The number of hydrogen-bond acceptors (Lipinski definition) is 9. The Labute approximate surface area is 350 Å². The van der Waals surface area contributed by atoms with E-state index in [1.54, 1.807) is 98.8 Å². The van der Waals surface area contributed by atoms with Gasteiger partial charge < -0.3 is 32.1 Å². The van der Waals surface area contributed by atoms with Gasteiger partial charge in [-0.25, -0.2) is 5.48 Å². The van der Waals surface area contributed by atoms with Crippen molar-refractivity contribution < 1.29 is 43.9 Å². The molecule has 3 aromatic rings. The Morgan fingerprint density at radius 2 is 1.22 bits per heavy atom. The molecule has 60 heavy (non-hydrogen) atoms. The largest absolute Gasteiger partial charge is 0.382 e. The Kier molecular flexibility index (Phi) is 20.2. The van der Waals surface area contributed by atoms with Crippen molar-refractivity contribution in [3.8, 4) is 12.3 Å². The van der Waals surface area contributed by atoms with E-state index in [0.717, 1.165) is 0 Å². The van der Waals surface area contributed by atoms with Crippen molar-refractivity contribution in [2.24, 2.45) is 17.6 Å². The average molecular weight is 825 g/mol. The number of unbranched alkanes of at least 4 members (excludes halogenated alkanes) is 2. The lowest BCUT2D eigenvalue weighted by Crippen LogP contribution is -2.58. The van der Waals surface area contributed by atoms with Gasteiger partial charge in [0.15, 0.2) is 5.78 Å². The monoisotopic (exact) mass is 824 g/mol. The third kappa shape index (κ3) is 16.1. The number of nitrogens with two attached hydrogens (primary N) is 1. The van der Waals surface area contributed by atoms with Crippen LogP contribution >= 0.6 is 0 Å². The first-order chi connectivity index (χ1) is 28.7. The zero-order valence-electron chi connectivity index (χ0n) is 34.0. The fourth-order valence-electron chi connectivity index (χ4n) is 6.44. The van der Waals surface area contributed by atoms with E-state index in [4.69, 9.17) is 17.4 Å². The predicted molar refractivity (Wildman–Crippen MR) is 224 cm³/mol. The number of carbonyl (C=O) groups excluding carboxylic acids is 7. The number of benzene rings is 3. The highest BCUT2D eigenvalue weighted by atomic mass is 16.5. The maximum Gasteiger partial charge on any atom is 0.272 e. The molecule has 0 bridgehead atoms. The second-order valence-electron chi connectivity index (χ2n) is 14.9. The molecule has 0 heterocycles. The average Bonchev–Trinajstić information content (AvgIpc) is 3.24. The van der Waals surface area contributed by atoms with Gasteiger partial charge in [0.2, 0.25) is 29.5 Å². The second-order valence-corrected chi connectivity index (χ2v) is 14.9. The standard InChI is InChI=1S/C45H56N6O9/c1-4-5-8-20-38(52)47-25-14-13-19-35(41(46)55)48-43(57)37(28-31-21-23-33(24-22-31)39(53)32-17-11-7-12-18-32)50-44(58)36(27-30-15-9-6-10-16-30)49-42(56)34(26-29(2)3)40(54)45(59)51-60/h1,6-7,9-12,15-18,21-24,29,34-37,40,54,60H,5,8,13-14,19-20,25-28H2,2-3H3,(H2,46,55)(H,47,52)(H,48,57)(H,49,56)(H,50,58)(H,51,59)/t34-,35?,36+,37+,40+/m1/s1. The number of ketones is 1. The zero-order valence-corrected chi connectivity index (χ0v) is 34.0. The summed E-state index contributed by atoms with van der Waals surface area (Å²) < 4.78 is 0. The number of carbonyl (C=O) groups is 7. The van der Waals surface area contributed by atoms with Gasteiger partial charge in [-0.15, -0.1) is 12.3 Å². The third-order valence-electron chi connectivity index (χ3n) is 9.69. The van der Waals surface area contributed by atoms with Gasteiger partial charge in [-0.3, -0.25) is 38.8 Å². The Bertz CT molecular complexity index is 1930. The normalized spacial score (nSPS) is 13.3. The first-order valence-corrected chi connectivity index (χ1v) is 20.0. The van der Waals surface area contributed by atoms with Crippen LogP contribution in [-0.4, -0.2) is 82.3 Å². The molecule has 0 fully saturated rings. The highest BCUT2D eigenvalue weighted by Gasteiger charge is 2.36. The topological polar surface area (TPSA) is 246 Å². The molecule has 0 aliphatic carbocycles. The van der Waals surface area contributed by atoms with E-state index in [-0.39, 0.29) is 43.3 Å². The van der Waals surface area contributed by atoms with Gasteiger partial charge in [0, 0.05) is 43.4 Å². The molecule has 15 nitrogen and oxygen atoms in total. The summed E-state index contributed by atoms with van der Waals surface area (Å²) in [6.45, 7) is 3.88. The molecule has 0 radical (unpaired) electrons. The number of aliphatic hydroxyl groups is 1. The van der Waals surface area contributed by atoms with Gasteiger partial charge in [-0.05, 0) is 49.1 Å². The van der Waals surface area contributed by atoms with Crippen molar-refractivity contribution in [1.82, 2.24) is 26.7 Å². The van der Waals surface area contributed by atoms with Crippen molar-refractivity contribution in [3.05, 3.63) is 107 Å². The zero-order chi connectivity index (χ0) is 44.0. The van der Waals surface area contributed by atoms with Gasteiger partial charge in [-0.1, -0.05) is 98.8 Å². The molecule has 0 saturated heterocycles. The van der Waals surface area contributed by atoms with Gasteiger partial charge >= 0.3 is 0 Å². The molecule has 0 aromatic heterocycles.